The lowest BCUT2D eigenvalue weighted by molar-refractivity contribution is -0.152. The van der Waals surface area contributed by atoms with Gasteiger partial charge in [0.2, 0.25) is 0 Å². The van der Waals surface area contributed by atoms with Crippen molar-refractivity contribution in [2.24, 2.45) is 11.3 Å². The Hall–Kier alpha value is -0.870. The van der Waals surface area contributed by atoms with Crippen LogP contribution >= 0.6 is 11.3 Å². The minimum atomic E-state index is -0.661. The molecule has 1 fully saturated rings. The molecule has 0 spiro atoms. The van der Waals surface area contributed by atoms with Crippen LogP contribution < -0.4 is 0 Å². The first-order chi connectivity index (χ1) is 8.94. The van der Waals surface area contributed by atoms with Gasteiger partial charge in [-0.3, -0.25) is 9.69 Å². The molecule has 2 atom stereocenters. The Morgan fingerprint density at radius 3 is 2.79 bits per heavy atom. The van der Waals surface area contributed by atoms with Crippen molar-refractivity contribution in [2.45, 2.75) is 39.7 Å². The first-order valence-corrected chi connectivity index (χ1v) is 7.83. The lowest BCUT2D eigenvalue weighted by Crippen LogP contribution is -2.48. The lowest BCUT2D eigenvalue weighted by Gasteiger charge is -2.43. The van der Waals surface area contributed by atoms with Crippen molar-refractivity contribution in [3.05, 3.63) is 22.4 Å². The summed E-state index contributed by atoms with van der Waals surface area (Å²) in [6.45, 7) is 7.98. The molecule has 2 heterocycles. The van der Waals surface area contributed by atoms with Crippen LogP contribution in [-0.2, 0) is 4.79 Å². The summed E-state index contributed by atoms with van der Waals surface area (Å²) in [5.41, 5.74) is -0.595. The van der Waals surface area contributed by atoms with Gasteiger partial charge in [-0.25, -0.2) is 0 Å². The van der Waals surface area contributed by atoms with Crippen LogP contribution in [0.15, 0.2) is 17.5 Å². The molecule has 0 saturated carbocycles. The maximum Gasteiger partial charge on any atom is 0.310 e. The van der Waals surface area contributed by atoms with Gasteiger partial charge in [-0.15, -0.1) is 11.3 Å². The zero-order valence-electron chi connectivity index (χ0n) is 11.9. The Morgan fingerprint density at radius 2 is 2.26 bits per heavy atom. The number of rotatable bonds is 4. The van der Waals surface area contributed by atoms with Crippen molar-refractivity contribution in [3.63, 3.8) is 0 Å². The van der Waals surface area contributed by atoms with Gasteiger partial charge in [0.05, 0.1) is 5.41 Å². The first kappa shape index (κ1) is 14.5. The Balaban J connectivity index is 2.21. The lowest BCUT2D eigenvalue weighted by atomic mass is 9.80. The molecule has 1 saturated heterocycles. The molecule has 2 rings (SSSR count). The van der Waals surface area contributed by atoms with Gasteiger partial charge in [0.15, 0.2) is 0 Å². The van der Waals surface area contributed by atoms with Crippen LogP contribution in [0.1, 0.15) is 44.5 Å². The highest BCUT2D eigenvalue weighted by atomic mass is 32.1. The van der Waals surface area contributed by atoms with Gasteiger partial charge >= 0.3 is 5.97 Å². The predicted molar refractivity (Wildman–Crippen MR) is 78.4 cm³/mol. The van der Waals surface area contributed by atoms with E-state index in [-0.39, 0.29) is 0 Å². The molecular weight excluding hydrogens is 258 g/mol. The van der Waals surface area contributed by atoms with Crippen LogP contribution in [0.2, 0.25) is 0 Å². The van der Waals surface area contributed by atoms with Crippen LogP contribution in [-0.4, -0.2) is 29.1 Å². The topological polar surface area (TPSA) is 40.5 Å². The van der Waals surface area contributed by atoms with E-state index in [0.717, 1.165) is 19.4 Å². The van der Waals surface area contributed by atoms with Gasteiger partial charge in [0.1, 0.15) is 0 Å². The largest absolute Gasteiger partial charge is 0.481 e. The summed E-state index contributed by atoms with van der Waals surface area (Å²) < 4.78 is 0. The number of aliphatic carboxylic acids is 1. The normalized spacial score (nSPS) is 26.5. The molecule has 106 valence electrons. The van der Waals surface area contributed by atoms with Crippen molar-refractivity contribution in [1.82, 2.24) is 4.90 Å². The molecule has 0 radical (unpaired) electrons. The van der Waals surface area contributed by atoms with Crippen LogP contribution in [0.3, 0.4) is 0 Å². The zero-order chi connectivity index (χ0) is 14.0. The molecule has 4 heteroatoms. The third-order valence-corrected chi connectivity index (χ3v) is 5.04. The van der Waals surface area contributed by atoms with Gasteiger partial charge in [0.25, 0.3) is 0 Å². The highest BCUT2D eigenvalue weighted by Crippen LogP contribution is 2.38. The number of carboxylic acid groups (broad SMARTS) is 1. The number of likely N-dealkylation sites (tertiary alicyclic amines) is 1. The number of carbonyl (C=O) groups is 1. The third kappa shape index (κ3) is 3.00. The highest BCUT2D eigenvalue weighted by Gasteiger charge is 2.40. The Kier molecular flexibility index (Phi) is 4.31. The van der Waals surface area contributed by atoms with Crippen LogP contribution in [0, 0.1) is 11.3 Å². The zero-order valence-corrected chi connectivity index (χ0v) is 12.7. The summed E-state index contributed by atoms with van der Waals surface area (Å²) in [4.78, 5) is 15.2. The summed E-state index contributed by atoms with van der Waals surface area (Å²) in [7, 11) is 0. The third-order valence-electron chi connectivity index (χ3n) is 4.10. The second-order valence-electron chi connectivity index (χ2n) is 6.14. The summed E-state index contributed by atoms with van der Waals surface area (Å²) in [6.07, 6.45) is 1.76. The number of hydrogen-bond acceptors (Lipinski definition) is 3. The average molecular weight is 281 g/mol. The van der Waals surface area contributed by atoms with Gasteiger partial charge < -0.3 is 5.11 Å². The van der Waals surface area contributed by atoms with Crippen LogP contribution in [0.4, 0.5) is 0 Å². The number of carboxylic acids is 1. The SMILES string of the molecule is CC(C)C(c1cccs1)N1CCCC(C)(C(=O)O)C1. The summed E-state index contributed by atoms with van der Waals surface area (Å²) in [6, 6.07) is 4.59. The number of hydrogen-bond donors (Lipinski definition) is 1. The van der Waals surface area contributed by atoms with E-state index in [2.05, 4.69) is 36.3 Å². The fraction of sp³-hybridized carbons (Fsp3) is 0.667. The second-order valence-corrected chi connectivity index (χ2v) is 7.12. The molecule has 0 bridgehead atoms. The minimum Gasteiger partial charge on any atom is -0.481 e. The molecule has 3 nitrogen and oxygen atoms in total. The van der Waals surface area contributed by atoms with Crippen molar-refractivity contribution in [2.75, 3.05) is 13.1 Å². The van der Waals surface area contributed by atoms with Crippen LogP contribution in [0.5, 0.6) is 0 Å². The molecule has 0 aliphatic carbocycles. The smallest absolute Gasteiger partial charge is 0.310 e. The van der Waals surface area contributed by atoms with E-state index >= 15 is 0 Å². The molecule has 1 aliphatic rings. The van der Waals surface area contributed by atoms with Crippen molar-refractivity contribution in [3.8, 4) is 0 Å². The fourth-order valence-electron chi connectivity index (χ4n) is 3.08. The van der Waals surface area contributed by atoms with E-state index in [1.165, 1.54) is 4.88 Å². The van der Waals surface area contributed by atoms with E-state index < -0.39 is 11.4 Å². The van der Waals surface area contributed by atoms with E-state index in [4.69, 9.17) is 0 Å². The molecule has 1 aromatic heterocycles. The maximum atomic E-state index is 11.5. The van der Waals surface area contributed by atoms with E-state index in [1.54, 1.807) is 11.3 Å². The quantitative estimate of drug-likeness (QED) is 0.916. The number of nitrogens with zero attached hydrogens (tertiary/aromatic N) is 1. The molecule has 0 amide bonds. The Labute approximate surface area is 119 Å². The minimum absolute atomic E-state index is 0.346. The maximum absolute atomic E-state index is 11.5. The first-order valence-electron chi connectivity index (χ1n) is 6.95. The van der Waals surface area contributed by atoms with Gasteiger partial charge in [-0.05, 0) is 43.7 Å². The van der Waals surface area contributed by atoms with Gasteiger partial charge in [0, 0.05) is 17.5 Å². The monoisotopic (exact) mass is 281 g/mol. The number of piperidine rings is 1. The highest BCUT2D eigenvalue weighted by molar-refractivity contribution is 7.10. The fourth-order valence-corrected chi connectivity index (χ4v) is 4.11. The van der Waals surface area contributed by atoms with Gasteiger partial charge in [-0.2, -0.15) is 0 Å². The molecular formula is C15H23NO2S. The Morgan fingerprint density at radius 1 is 1.53 bits per heavy atom. The molecule has 1 N–H and O–H groups in total. The molecule has 0 aromatic carbocycles. The summed E-state index contributed by atoms with van der Waals surface area (Å²) in [5, 5.41) is 11.5. The average Bonchev–Trinajstić information content (AvgIpc) is 2.82. The second kappa shape index (κ2) is 5.63. The van der Waals surface area contributed by atoms with Crippen LogP contribution in [0.25, 0.3) is 0 Å². The van der Waals surface area contributed by atoms with Crippen molar-refractivity contribution < 1.29 is 9.90 Å². The van der Waals surface area contributed by atoms with E-state index in [1.807, 2.05) is 6.92 Å². The van der Waals surface area contributed by atoms with E-state index in [9.17, 15) is 9.90 Å². The molecule has 2 unspecified atom stereocenters. The standard InChI is InChI=1S/C15H23NO2S/c1-11(2)13(12-6-4-9-19-12)16-8-5-7-15(3,10-16)14(17)18/h4,6,9,11,13H,5,7-8,10H2,1-3H3,(H,17,18). The predicted octanol–water partition coefficient (Wildman–Crippen LogP) is 3.63. The molecule has 19 heavy (non-hydrogen) atoms. The van der Waals surface area contributed by atoms with Crippen molar-refractivity contribution in [1.29, 1.82) is 0 Å². The summed E-state index contributed by atoms with van der Waals surface area (Å²) >= 11 is 1.77. The molecule has 1 aromatic rings. The number of thiophene rings is 1. The van der Waals surface area contributed by atoms with E-state index in [0.29, 0.717) is 18.5 Å². The summed E-state index contributed by atoms with van der Waals surface area (Å²) in [5.74, 6) is -0.166. The Bertz CT molecular complexity index is 429. The van der Waals surface area contributed by atoms with Crippen molar-refractivity contribution >= 4 is 17.3 Å². The molecule has 1 aliphatic heterocycles. The van der Waals surface area contributed by atoms with Gasteiger partial charge in [-0.1, -0.05) is 19.9 Å².